The van der Waals surface area contributed by atoms with E-state index in [0.717, 1.165) is 16.8 Å². The van der Waals surface area contributed by atoms with Gasteiger partial charge in [-0.25, -0.2) is 4.39 Å². The third-order valence-electron chi connectivity index (χ3n) is 3.39. The SMILES string of the molecule is Cc1ccc(-n2nnnc2SCc2ccc(F)cc2Cl)c(C)c1. The summed E-state index contributed by atoms with van der Waals surface area (Å²) in [6, 6.07) is 10.5. The van der Waals surface area contributed by atoms with Crippen molar-refractivity contribution in [2.24, 2.45) is 0 Å². The Labute approximate surface area is 142 Å². The molecule has 2 aromatic carbocycles. The Balaban J connectivity index is 1.84. The first kappa shape index (κ1) is 16.0. The molecule has 23 heavy (non-hydrogen) atoms. The van der Waals surface area contributed by atoms with E-state index in [0.29, 0.717) is 15.9 Å². The average Bonchev–Trinajstić information content (AvgIpc) is 2.94. The minimum absolute atomic E-state index is 0.344. The van der Waals surface area contributed by atoms with Crippen LogP contribution in [0.4, 0.5) is 4.39 Å². The van der Waals surface area contributed by atoms with Crippen LogP contribution in [0.25, 0.3) is 5.69 Å². The second kappa shape index (κ2) is 6.68. The van der Waals surface area contributed by atoms with Crippen LogP contribution in [0, 0.1) is 19.7 Å². The molecular weight excluding hydrogens is 335 g/mol. The molecule has 0 bridgehead atoms. The van der Waals surface area contributed by atoms with Crippen molar-refractivity contribution in [3.63, 3.8) is 0 Å². The van der Waals surface area contributed by atoms with Gasteiger partial charge in [0.05, 0.1) is 5.69 Å². The van der Waals surface area contributed by atoms with Gasteiger partial charge in [0.1, 0.15) is 5.82 Å². The lowest BCUT2D eigenvalue weighted by atomic mass is 10.1. The van der Waals surface area contributed by atoms with Crippen LogP contribution in [0.15, 0.2) is 41.6 Å². The van der Waals surface area contributed by atoms with Crippen LogP contribution in [0.1, 0.15) is 16.7 Å². The molecule has 0 radical (unpaired) electrons. The molecule has 0 amide bonds. The summed E-state index contributed by atoms with van der Waals surface area (Å²) in [5, 5.41) is 13.0. The van der Waals surface area contributed by atoms with Crippen molar-refractivity contribution in [1.29, 1.82) is 0 Å². The molecule has 0 fully saturated rings. The van der Waals surface area contributed by atoms with Crippen molar-refractivity contribution in [3.05, 3.63) is 63.9 Å². The number of rotatable bonds is 4. The molecule has 0 aliphatic rings. The van der Waals surface area contributed by atoms with Crippen molar-refractivity contribution in [2.75, 3.05) is 0 Å². The van der Waals surface area contributed by atoms with Crippen LogP contribution in [-0.2, 0) is 5.75 Å². The Morgan fingerprint density at radius 2 is 2.00 bits per heavy atom. The third-order valence-corrected chi connectivity index (χ3v) is 4.71. The summed E-state index contributed by atoms with van der Waals surface area (Å²) < 4.78 is 14.8. The molecule has 1 aromatic heterocycles. The third kappa shape index (κ3) is 3.54. The molecule has 0 spiro atoms. The summed E-state index contributed by atoms with van der Waals surface area (Å²) in [6.45, 7) is 4.07. The largest absolute Gasteiger partial charge is 0.214 e. The number of thioether (sulfide) groups is 1. The zero-order valence-electron chi connectivity index (χ0n) is 12.6. The van der Waals surface area contributed by atoms with Gasteiger partial charge in [0.15, 0.2) is 0 Å². The number of nitrogens with zero attached hydrogens (tertiary/aromatic N) is 4. The van der Waals surface area contributed by atoms with E-state index in [2.05, 4.69) is 21.6 Å². The zero-order valence-corrected chi connectivity index (χ0v) is 14.2. The first-order valence-corrected chi connectivity index (χ1v) is 8.33. The van der Waals surface area contributed by atoms with Gasteiger partial charge in [0.25, 0.3) is 0 Å². The first-order chi connectivity index (χ1) is 11.0. The summed E-state index contributed by atoms with van der Waals surface area (Å²) in [6.07, 6.45) is 0. The minimum Gasteiger partial charge on any atom is -0.207 e. The topological polar surface area (TPSA) is 43.6 Å². The minimum atomic E-state index is -0.344. The maximum atomic E-state index is 13.1. The van der Waals surface area contributed by atoms with E-state index in [4.69, 9.17) is 11.6 Å². The summed E-state index contributed by atoms with van der Waals surface area (Å²) in [4.78, 5) is 0. The Kier molecular flexibility index (Phi) is 4.63. The molecule has 118 valence electrons. The fourth-order valence-corrected chi connectivity index (χ4v) is 3.45. The van der Waals surface area contributed by atoms with Gasteiger partial charge in [-0.05, 0) is 53.6 Å². The van der Waals surface area contributed by atoms with Gasteiger partial charge in [-0.15, -0.1) is 5.10 Å². The van der Waals surface area contributed by atoms with Crippen molar-refractivity contribution in [2.45, 2.75) is 24.8 Å². The van der Waals surface area contributed by atoms with Crippen molar-refractivity contribution in [3.8, 4) is 5.69 Å². The number of tetrazole rings is 1. The second-order valence-corrected chi connectivity index (χ2v) is 6.54. The summed E-state index contributed by atoms with van der Waals surface area (Å²) in [7, 11) is 0. The standard InChI is InChI=1S/C16H14ClFN4S/c1-10-3-6-15(11(2)7-10)22-16(19-20-21-22)23-9-12-4-5-13(18)8-14(12)17/h3-8H,9H2,1-2H3. The lowest BCUT2D eigenvalue weighted by Crippen LogP contribution is -2.02. The van der Waals surface area contributed by atoms with E-state index in [1.54, 1.807) is 10.7 Å². The monoisotopic (exact) mass is 348 g/mol. The smallest absolute Gasteiger partial charge is 0.207 e. The Bertz CT molecular complexity index is 850. The lowest BCUT2D eigenvalue weighted by Gasteiger charge is -2.08. The maximum absolute atomic E-state index is 13.1. The normalized spacial score (nSPS) is 11.0. The number of hydrogen-bond donors (Lipinski definition) is 0. The van der Waals surface area contributed by atoms with E-state index in [1.807, 2.05) is 26.0 Å². The predicted octanol–water partition coefficient (Wildman–Crippen LogP) is 4.36. The Morgan fingerprint density at radius 3 is 2.74 bits per heavy atom. The van der Waals surface area contributed by atoms with E-state index in [-0.39, 0.29) is 5.82 Å². The van der Waals surface area contributed by atoms with Crippen LogP contribution < -0.4 is 0 Å². The van der Waals surface area contributed by atoms with Crippen LogP contribution in [0.3, 0.4) is 0 Å². The van der Waals surface area contributed by atoms with Crippen LogP contribution in [0.2, 0.25) is 5.02 Å². The maximum Gasteiger partial charge on any atom is 0.214 e. The number of hydrogen-bond acceptors (Lipinski definition) is 4. The van der Waals surface area contributed by atoms with Crippen molar-refractivity contribution >= 4 is 23.4 Å². The van der Waals surface area contributed by atoms with Gasteiger partial charge in [-0.1, -0.05) is 47.1 Å². The molecular formula is C16H14ClFN4S. The number of aryl methyl sites for hydroxylation is 2. The summed E-state index contributed by atoms with van der Waals surface area (Å²) in [5.41, 5.74) is 4.06. The molecule has 7 heteroatoms. The highest BCUT2D eigenvalue weighted by Crippen LogP contribution is 2.27. The van der Waals surface area contributed by atoms with E-state index in [1.165, 1.54) is 29.5 Å². The van der Waals surface area contributed by atoms with Gasteiger partial charge in [0, 0.05) is 10.8 Å². The van der Waals surface area contributed by atoms with Crippen LogP contribution >= 0.6 is 23.4 Å². The molecule has 0 aliphatic carbocycles. The molecule has 0 saturated heterocycles. The summed E-state index contributed by atoms with van der Waals surface area (Å²) in [5.74, 6) is 0.216. The molecule has 0 aliphatic heterocycles. The molecule has 3 aromatic rings. The fraction of sp³-hybridized carbons (Fsp3) is 0.188. The van der Waals surface area contributed by atoms with Gasteiger partial charge < -0.3 is 0 Å². The molecule has 4 nitrogen and oxygen atoms in total. The van der Waals surface area contributed by atoms with Gasteiger partial charge >= 0.3 is 0 Å². The zero-order chi connectivity index (χ0) is 16.4. The van der Waals surface area contributed by atoms with Gasteiger partial charge in [0.2, 0.25) is 5.16 Å². The molecule has 0 N–H and O–H groups in total. The molecule has 0 unspecified atom stereocenters. The highest BCUT2D eigenvalue weighted by Gasteiger charge is 2.12. The number of benzene rings is 2. The Hall–Kier alpha value is -1.92. The first-order valence-electron chi connectivity index (χ1n) is 6.97. The number of halogens is 2. The highest BCUT2D eigenvalue weighted by atomic mass is 35.5. The second-order valence-electron chi connectivity index (χ2n) is 5.19. The lowest BCUT2D eigenvalue weighted by molar-refractivity contribution is 0.627. The quantitative estimate of drug-likeness (QED) is 0.657. The van der Waals surface area contributed by atoms with Crippen molar-refractivity contribution in [1.82, 2.24) is 20.2 Å². The molecule has 0 atom stereocenters. The predicted molar refractivity (Wildman–Crippen MR) is 89.6 cm³/mol. The van der Waals surface area contributed by atoms with Crippen LogP contribution in [0.5, 0.6) is 0 Å². The van der Waals surface area contributed by atoms with E-state index >= 15 is 0 Å². The van der Waals surface area contributed by atoms with Crippen LogP contribution in [-0.4, -0.2) is 20.2 Å². The van der Waals surface area contributed by atoms with Gasteiger partial charge in [-0.2, -0.15) is 4.68 Å². The summed E-state index contributed by atoms with van der Waals surface area (Å²) >= 11 is 7.51. The van der Waals surface area contributed by atoms with Crippen molar-refractivity contribution < 1.29 is 4.39 Å². The average molecular weight is 349 g/mol. The van der Waals surface area contributed by atoms with Gasteiger partial charge in [-0.3, -0.25) is 0 Å². The molecule has 0 saturated carbocycles. The molecule has 1 heterocycles. The molecule has 3 rings (SSSR count). The van der Waals surface area contributed by atoms with E-state index in [9.17, 15) is 4.39 Å². The highest BCUT2D eigenvalue weighted by molar-refractivity contribution is 7.98. The Morgan fingerprint density at radius 1 is 1.17 bits per heavy atom. The van der Waals surface area contributed by atoms with E-state index < -0.39 is 0 Å². The number of aromatic nitrogens is 4. The fourth-order valence-electron chi connectivity index (χ4n) is 2.24.